The van der Waals surface area contributed by atoms with E-state index in [0.29, 0.717) is 16.4 Å². The molecule has 11 heteroatoms. The number of anilines is 2. The summed E-state index contributed by atoms with van der Waals surface area (Å²) < 4.78 is 27.5. The van der Waals surface area contributed by atoms with Crippen LogP contribution in [-0.4, -0.2) is 24.2 Å². The van der Waals surface area contributed by atoms with Crippen LogP contribution in [0.25, 0.3) is 11.3 Å². The van der Waals surface area contributed by atoms with Gasteiger partial charge in [-0.25, -0.2) is 13.4 Å². The van der Waals surface area contributed by atoms with Gasteiger partial charge in [-0.15, -0.1) is 11.3 Å². The van der Waals surface area contributed by atoms with Crippen molar-refractivity contribution in [2.45, 2.75) is 4.90 Å². The molecule has 3 aromatic carbocycles. The number of amides is 1. The second kappa shape index (κ2) is 9.18. The molecule has 4 aromatic rings. The highest BCUT2D eigenvalue weighted by molar-refractivity contribution is 7.92. The van der Waals surface area contributed by atoms with E-state index >= 15 is 0 Å². The minimum atomic E-state index is -3.79. The molecule has 0 bridgehead atoms. The van der Waals surface area contributed by atoms with Crippen molar-refractivity contribution in [2.75, 3.05) is 10.0 Å². The molecule has 0 aliphatic carbocycles. The number of aromatic nitrogens is 1. The Kier molecular flexibility index (Phi) is 6.16. The molecule has 0 spiro atoms. The Morgan fingerprint density at radius 2 is 1.73 bits per heavy atom. The summed E-state index contributed by atoms with van der Waals surface area (Å²) in [7, 11) is -3.79. The maximum absolute atomic E-state index is 12.7. The molecule has 2 N–H and O–H groups in total. The summed E-state index contributed by atoms with van der Waals surface area (Å²) >= 11 is 1.17. The Morgan fingerprint density at radius 1 is 0.970 bits per heavy atom. The molecule has 0 saturated carbocycles. The van der Waals surface area contributed by atoms with E-state index in [9.17, 15) is 23.3 Å². The second-order valence-corrected chi connectivity index (χ2v) is 9.34. The van der Waals surface area contributed by atoms with Crippen LogP contribution in [0.4, 0.5) is 16.5 Å². The molecule has 9 nitrogen and oxygen atoms in total. The van der Waals surface area contributed by atoms with Gasteiger partial charge in [-0.2, -0.15) is 0 Å². The highest BCUT2D eigenvalue weighted by Gasteiger charge is 2.16. The first kappa shape index (κ1) is 22.1. The van der Waals surface area contributed by atoms with Gasteiger partial charge < -0.3 is 0 Å². The van der Waals surface area contributed by atoms with E-state index in [0.717, 1.165) is 0 Å². The first-order valence-corrected chi connectivity index (χ1v) is 11.9. The number of rotatable bonds is 7. The van der Waals surface area contributed by atoms with E-state index in [-0.39, 0.29) is 21.8 Å². The predicted octanol–water partition coefficient (Wildman–Crippen LogP) is 4.77. The van der Waals surface area contributed by atoms with E-state index in [1.54, 1.807) is 53.9 Å². The van der Waals surface area contributed by atoms with Crippen molar-refractivity contribution in [2.24, 2.45) is 0 Å². The van der Waals surface area contributed by atoms with Gasteiger partial charge in [0.05, 0.1) is 15.5 Å². The maximum Gasteiger partial charge on any atom is 0.270 e. The standard InChI is InChI=1S/C22H16N4O5S2/c27-21(24-22-23-20(14-32-22)15-6-5-9-18(13-15)26(28)29)16-7-4-8-17(12-16)25-33(30,31)19-10-2-1-3-11-19/h1-14,25H,(H,23,24,27). The number of hydrogen-bond donors (Lipinski definition) is 2. The molecule has 0 fully saturated rings. The molecule has 0 radical (unpaired) electrons. The zero-order chi connectivity index (χ0) is 23.4. The van der Waals surface area contributed by atoms with Crippen LogP contribution >= 0.6 is 11.3 Å². The van der Waals surface area contributed by atoms with E-state index in [2.05, 4.69) is 15.0 Å². The summed E-state index contributed by atoms with van der Waals surface area (Å²) in [5, 5.41) is 15.6. The second-order valence-electron chi connectivity index (χ2n) is 6.80. The van der Waals surface area contributed by atoms with Crippen LogP contribution in [0.5, 0.6) is 0 Å². The number of nitro groups is 1. The third-order valence-corrected chi connectivity index (χ3v) is 6.66. The van der Waals surface area contributed by atoms with Gasteiger partial charge in [0.1, 0.15) is 0 Å². The predicted molar refractivity (Wildman–Crippen MR) is 126 cm³/mol. The normalized spacial score (nSPS) is 11.0. The van der Waals surface area contributed by atoms with Crippen molar-refractivity contribution in [1.29, 1.82) is 0 Å². The fraction of sp³-hybridized carbons (Fsp3) is 0. The number of carbonyl (C=O) groups excluding carboxylic acids is 1. The number of hydrogen-bond acceptors (Lipinski definition) is 7. The van der Waals surface area contributed by atoms with E-state index in [4.69, 9.17) is 0 Å². The van der Waals surface area contributed by atoms with Crippen LogP contribution in [-0.2, 0) is 10.0 Å². The van der Waals surface area contributed by atoms with Gasteiger partial charge >= 0.3 is 0 Å². The maximum atomic E-state index is 12.7. The average molecular weight is 481 g/mol. The lowest BCUT2D eigenvalue weighted by Gasteiger charge is -2.09. The van der Waals surface area contributed by atoms with Crippen molar-refractivity contribution in [3.63, 3.8) is 0 Å². The highest BCUT2D eigenvalue weighted by atomic mass is 32.2. The molecule has 0 saturated heterocycles. The zero-order valence-corrected chi connectivity index (χ0v) is 18.5. The van der Waals surface area contributed by atoms with Crippen molar-refractivity contribution < 1.29 is 18.1 Å². The molecular weight excluding hydrogens is 464 g/mol. The summed E-state index contributed by atoms with van der Waals surface area (Å²) in [6, 6.07) is 20.0. The van der Waals surface area contributed by atoms with E-state index < -0.39 is 20.9 Å². The molecule has 33 heavy (non-hydrogen) atoms. The van der Waals surface area contributed by atoms with Crippen LogP contribution in [0.1, 0.15) is 10.4 Å². The smallest absolute Gasteiger partial charge is 0.270 e. The van der Waals surface area contributed by atoms with Gasteiger partial charge in [0.15, 0.2) is 5.13 Å². The number of nitrogens with one attached hydrogen (secondary N) is 2. The van der Waals surface area contributed by atoms with Crippen molar-refractivity contribution in [1.82, 2.24) is 4.98 Å². The largest absolute Gasteiger partial charge is 0.298 e. The average Bonchev–Trinajstić information content (AvgIpc) is 3.28. The molecule has 1 amide bonds. The van der Waals surface area contributed by atoms with Crippen molar-refractivity contribution >= 4 is 43.8 Å². The van der Waals surface area contributed by atoms with Gasteiger partial charge in [0.25, 0.3) is 21.6 Å². The third kappa shape index (κ3) is 5.22. The molecule has 1 heterocycles. The highest BCUT2D eigenvalue weighted by Crippen LogP contribution is 2.28. The summed E-state index contributed by atoms with van der Waals surface area (Å²) in [5.74, 6) is -0.476. The Labute approximate surface area is 193 Å². The molecule has 1 aromatic heterocycles. The van der Waals surface area contributed by atoms with Gasteiger partial charge in [-0.05, 0) is 30.3 Å². The first-order chi connectivity index (χ1) is 15.8. The van der Waals surface area contributed by atoms with E-state index in [1.807, 2.05) is 0 Å². The van der Waals surface area contributed by atoms with Crippen LogP contribution in [0.2, 0.25) is 0 Å². The van der Waals surface area contributed by atoms with Crippen LogP contribution in [0, 0.1) is 10.1 Å². The summed E-state index contributed by atoms with van der Waals surface area (Å²) in [4.78, 5) is 27.6. The van der Waals surface area contributed by atoms with Gasteiger partial charge in [-0.1, -0.05) is 36.4 Å². The van der Waals surface area contributed by atoms with Gasteiger partial charge in [-0.3, -0.25) is 24.9 Å². The van der Waals surface area contributed by atoms with Crippen LogP contribution in [0.15, 0.2) is 89.1 Å². The Hall–Kier alpha value is -4.09. The molecule has 4 rings (SSSR count). The monoisotopic (exact) mass is 480 g/mol. The molecule has 0 unspecified atom stereocenters. The number of non-ortho nitro benzene ring substituents is 1. The van der Waals surface area contributed by atoms with Gasteiger partial charge in [0.2, 0.25) is 0 Å². The molecule has 166 valence electrons. The van der Waals surface area contributed by atoms with Crippen LogP contribution < -0.4 is 10.0 Å². The number of benzene rings is 3. The number of thiazole rings is 1. The number of carbonyl (C=O) groups is 1. The summed E-state index contributed by atoms with van der Waals surface area (Å²) in [5.41, 5.74) is 1.46. The lowest BCUT2D eigenvalue weighted by atomic mass is 10.1. The zero-order valence-electron chi connectivity index (χ0n) is 16.8. The lowest BCUT2D eigenvalue weighted by Crippen LogP contribution is -2.15. The fourth-order valence-corrected chi connectivity index (χ4v) is 4.73. The van der Waals surface area contributed by atoms with Gasteiger partial charge in [0, 0.05) is 34.3 Å². The SMILES string of the molecule is O=C(Nc1nc(-c2cccc([N+](=O)[O-])c2)cs1)c1cccc(NS(=O)(=O)c2ccccc2)c1. The fourth-order valence-electron chi connectivity index (χ4n) is 2.95. The minimum absolute atomic E-state index is 0.0548. The Bertz CT molecular complexity index is 1440. The number of nitro benzene ring substituents is 1. The summed E-state index contributed by atoms with van der Waals surface area (Å²) in [6.07, 6.45) is 0. The van der Waals surface area contributed by atoms with Crippen LogP contribution in [0.3, 0.4) is 0 Å². The molecular formula is C22H16N4O5S2. The quantitative estimate of drug-likeness (QED) is 0.289. The first-order valence-electron chi connectivity index (χ1n) is 9.51. The molecule has 0 atom stereocenters. The molecule has 0 aliphatic heterocycles. The number of nitrogens with zero attached hydrogens (tertiary/aromatic N) is 2. The lowest BCUT2D eigenvalue weighted by molar-refractivity contribution is -0.384. The number of sulfonamides is 1. The Balaban J connectivity index is 1.49. The van der Waals surface area contributed by atoms with Crippen molar-refractivity contribution in [3.05, 3.63) is 99.9 Å². The van der Waals surface area contributed by atoms with Crippen molar-refractivity contribution in [3.8, 4) is 11.3 Å². The summed E-state index contributed by atoms with van der Waals surface area (Å²) in [6.45, 7) is 0. The topological polar surface area (TPSA) is 131 Å². The van der Waals surface area contributed by atoms with E-state index in [1.165, 1.54) is 41.7 Å². The molecule has 0 aliphatic rings. The third-order valence-electron chi connectivity index (χ3n) is 4.51. The Morgan fingerprint density at radius 3 is 2.48 bits per heavy atom. The minimum Gasteiger partial charge on any atom is -0.298 e.